The number of hydrogen-bond acceptors (Lipinski definition) is 4. The number of non-ortho nitro benzene ring substituents is 1. The first kappa shape index (κ1) is 14.9. The highest BCUT2D eigenvalue weighted by atomic mass is 19.1. The van der Waals surface area contributed by atoms with Crippen LogP contribution in [0.4, 0.5) is 10.1 Å². The highest BCUT2D eigenvalue weighted by Gasteiger charge is 2.12. The Bertz CT molecular complexity index is 647. The summed E-state index contributed by atoms with van der Waals surface area (Å²) in [5.41, 5.74) is 1.09. The van der Waals surface area contributed by atoms with Crippen LogP contribution in [0.2, 0.25) is 0 Å². The van der Waals surface area contributed by atoms with Crippen molar-refractivity contribution in [2.75, 3.05) is 7.05 Å². The van der Waals surface area contributed by atoms with E-state index in [1.54, 1.807) is 25.2 Å². The lowest BCUT2D eigenvalue weighted by Gasteiger charge is -2.11. The van der Waals surface area contributed by atoms with Gasteiger partial charge in [-0.15, -0.1) is 0 Å². The summed E-state index contributed by atoms with van der Waals surface area (Å²) in [5.74, 6) is 0.160. The molecule has 0 bridgehead atoms. The van der Waals surface area contributed by atoms with E-state index < -0.39 is 4.92 Å². The predicted molar refractivity (Wildman–Crippen MR) is 76.6 cm³/mol. The zero-order chi connectivity index (χ0) is 15.2. The van der Waals surface area contributed by atoms with E-state index in [9.17, 15) is 14.5 Å². The van der Waals surface area contributed by atoms with Crippen LogP contribution in [0.1, 0.15) is 11.1 Å². The topological polar surface area (TPSA) is 64.4 Å². The highest BCUT2D eigenvalue weighted by molar-refractivity contribution is 5.44. The zero-order valence-corrected chi connectivity index (χ0v) is 11.5. The summed E-state index contributed by atoms with van der Waals surface area (Å²) in [6, 6.07) is 10.7. The van der Waals surface area contributed by atoms with E-state index in [1.807, 2.05) is 0 Å². The van der Waals surface area contributed by atoms with Crippen molar-refractivity contribution < 1.29 is 14.1 Å². The standard InChI is InChI=1S/C15H15FN2O3/c1-17-9-12-8-13(18(19)20)6-7-15(12)21-10-11-4-2-3-5-14(11)16/h2-8,17H,9-10H2,1H3. The number of benzene rings is 2. The molecule has 0 saturated carbocycles. The van der Waals surface area contributed by atoms with Crippen LogP contribution in [-0.2, 0) is 13.2 Å². The number of ether oxygens (including phenoxy) is 1. The quantitative estimate of drug-likeness (QED) is 0.656. The van der Waals surface area contributed by atoms with Crippen molar-refractivity contribution in [2.24, 2.45) is 0 Å². The van der Waals surface area contributed by atoms with Crippen LogP contribution < -0.4 is 10.1 Å². The second-order valence-corrected chi connectivity index (χ2v) is 4.46. The van der Waals surface area contributed by atoms with E-state index in [0.717, 1.165) is 0 Å². The third-order valence-corrected chi connectivity index (χ3v) is 2.96. The number of nitrogens with zero attached hydrogens (tertiary/aromatic N) is 1. The van der Waals surface area contributed by atoms with Crippen LogP contribution >= 0.6 is 0 Å². The van der Waals surface area contributed by atoms with Gasteiger partial charge in [0.2, 0.25) is 0 Å². The molecule has 0 saturated heterocycles. The van der Waals surface area contributed by atoms with Crippen molar-refractivity contribution in [1.82, 2.24) is 5.32 Å². The Labute approximate surface area is 121 Å². The first-order valence-corrected chi connectivity index (χ1v) is 6.40. The molecule has 0 atom stereocenters. The maximum Gasteiger partial charge on any atom is 0.270 e. The Balaban J connectivity index is 2.19. The molecule has 0 unspecified atom stereocenters. The molecule has 0 fully saturated rings. The molecule has 110 valence electrons. The van der Waals surface area contributed by atoms with Gasteiger partial charge in [0.1, 0.15) is 18.2 Å². The molecule has 2 aromatic carbocycles. The average Bonchev–Trinajstić information content (AvgIpc) is 2.47. The fraction of sp³-hybridized carbons (Fsp3) is 0.200. The minimum atomic E-state index is -0.459. The van der Waals surface area contributed by atoms with E-state index in [4.69, 9.17) is 4.74 Å². The monoisotopic (exact) mass is 290 g/mol. The molecular weight excluding hydrogens is 275 g/mol. The summed E-state index contributed by atoms with van der Waals surface area (Å²) in [4.78, 5) is 10.3. The normalized spacial score (nSPS) is 10.4. The fourth-order valence-corrected chi connectivity index (χ4v) is 1.92. The lowest BCUT2D eigenvalue weighted by atomic mass is 10.1. The van der Waals surface area contributed by atoms with Gasteiger partial charge in [0.05, 0.1) is 4.92 Å². The summed E-state index contributed by atoms with van der Waals surface area (Å²) in [7, 11) is 1.74. The third-order valence-electron chi connectivity index (χ3n) is 2.96. The molecule has 2 rings (SSSR count). The van der Waals surface area contributed by atoms with Crippen LogP contribution in [0, 0.1) is 15.9 Å². The lowest BCUT2D eigenvalue weighted by Crippen LogP contribution is -2.08. The van der Waals surface area contributed by atoms with Gasteiger partial charge in [-0.25, -0.2) is 4.39 Å². The summed E-state index contributed by atoms with van der Waals surface area (Å²) in [5, 5.41) is 13.7. The number of halogens is 1. The Morgan fingerprint density at radius 3 is 2.67 bits per heavy atom. The van der Waals surface area contributed by atoms with Gasteiger partial charge in [-0.1, -0.05) is 18.2 Å². The molecule has 0 amide bonds. The van der Waals surface area contributed by atoms with Gasteiger partial charge in [-0.3, -0.25) is 10.1 Å². The van der Waals surface area contributed by atoms with Gasteiger partial charge in [-0.05, 0) is 19.2 Å². The molecule has 0 heterocycles. The maximum atomic E-state index is 13.5. The van der Waals surface area contributed by atoms with Crippen molar-refractivity contribution in [2.45, 2.75) is 13.2 Å². The molecule has 0 aliphatic carbocycles. The lowest BCUT2D eigenvalue weighted by molar-refractivity contribution is -0.384. The first-order valence-electron chi connectivity index (χ1n) is 6.40. The SMILES string of the molecule is CNCc1cc([N+](=O)[O-])ccc1OCc1ccccc1F. The summed E-state index contributed by atoms with van der Waals surface area (Å²) in [6.07, 6.45) is 0. The summed E-state index contributed by atoms with van der Waals surface area (Å²) in [6.45, 7) is 0.496. The molecule has 0 aliphatic heterocycles. The van der Waals surface area contributed by atoms with E-state index in [1.165, 1.54) is 24.3 Å². The zero-order valence-electron chi connectivity index (χ0n) is 11.5. The number of nitrogens with one attached hydrogen (secondary N) is 1. The maximum absolute atomic E-state index is 13.5. The highest BCUT2D eigenvalue weighted by Crippen LogP contribution is 2.25. The second kappa shape index (κ2) is 6.81. The molecular formula is C15H15FN2O3. The van der Waals surface area contributed by atoms with Crippen molar-refractivity contribution in [3.8, 4) is 5.75 Å². The van der Waals surface area contributed by atoms with Crippen LogP contribution in [0.3, 0.4) is 0 Å². The van der Waals surface area contributed by atoms with E-state index in [0.29, 0.717) is 23.4 Å². The number of nitro benzene ring substituents is 1. The molecule has 0 aromatic heterocycles. The van der Waals surface area contributed by atoms with Crippen LogP contribution in [-0.4, -0.2) is 12.0 Å². The van der Waals surface area contributed by atoms with Gasteiger partial charge >= 0.3 is 0 Å². The molecule has 21 heavy (non-hydrogen) atoms. The van der Waals surface area contributed by atoms with Gasteiger partial charge in [0.15, 0.2) is 0 Å². The Kier molecular flexibility index (Phi) is 4.84. The summed E-state index contributed by atoms with van der Waals surface area (Å²) >= 11 is 0. The minimum absolute atomic E-state index is 0.00140. The fourth-order valence-electron chi connectivity index (χ4n) is 1.92. The van der Waals surface area contributed by atoms with Crippen molar-refractivity contribution >= 4 is 5.69 Å². The van der Waals surface area contributed by atoms with Crippen LogP contribution in [0.5, 0.6) is 5.75 Å². The van der Waals surface area contributed by atoms with Crippen molar-refractivity contribution in [1.29, 1.82) is 0 Å². The van der Waals surface area contributed by atoms with Crippen LogP contribution in [0.15, 0.2) is 42.5 Å². The van der Waals surface area contributed by atoms with Gasteiger partial charge in [-0.2, -0.15) is 0 Å². The number of rotatable bonds is 6. The van der Waals surface area contributed by atoms with Crippen molar-refractivity contribution in [3.05, 3.63) is 69.5 Å². The first-order chi connectivity index (χ1) is 10.1. The second-order valence-electron chi connectivity index (χ2n) is 4.46. The molecule has 6 heteroatoms. The third kappa shape index (κ3) is 3.76. The van der Waals surface area contributed by atoms with Gasteiger partial charge in [0, 0.05) is 29.8 Å². The summed E-state index contributed by atoms with van der Waals surface area (Å²) < 4.78 is 19.1. The molecule has 5 nitrogen and oxygen atoms in total. The Morgan fingerprint density at radius 2 is 2.00 bits per heavy atom. The molecule has 0 spiro atoms. The van der Waals surface area contributed by atoms with Gasteiger partial charge < -0.3 is 10.1 Å². The van der Waals surface area contributed by atoms with E-state index in [-0.39, 0.29) is 18.1 Å². The predicted octanol–water partition coefficient (Wildman–Crippen LogP) is 3.03. The molecule has 2 aromatic rings. The van der Waals surface area contributed by atoms with E-state index in [2.05, 4.69) is 5.32 Å². The minimum Gasteiger partial charge on any atom is -0.488 e. The molecule has 1 N–H and O–H groups in total. The number of nitro groups is 1. The average molecular weight is 290 g/mol. The Hall–Kier alpha value is -2.47. The van der Waals surface area contributed by atoms with Crippen molar-refractivity contribution in [3.63, 3.8) is 0 Å². The van der Waals surface area contributed by atoms with Gasteiger partial charge in [0.25, 0.3) is 5.69 Å². The largest absolute Gasteiger partial charge is 0.488 e. The number of hydrogen-bond donors (Lipinski definition) is 1. The Morgan fingerprint density at radius 1 is 1.24 bits per heavy atom. The van der Waals surface area contributed by atoms with E-state index >= 15 is 0 Å². The smallest absolute Gasteiger partial charge is 0.270 e. The molecule has 0 radical (unpaired) electrons. The molecule has 0 aliphatic rings. The van der Waals surface area contributed by atoms with Crippen LogP contribution in [0.25, 0.3) is 0 Å².